The molecule has 1 aromatic carbocycles. The topological polar surface area (TPSA) is 32.8 Å². The lowest BCUT2D eigenvalue weighted by Crippen LogP contribution is -2.48. The minimum Gasteiger partial charge on any atom is -0.445 e. The first kappa shape index (κ1) is 15.1. The van der Waals surface area contributed by atoms with Crippen molar-refractivity contribution in [1.82, 2.24) is 9.80 Å². The molecule has 1 fully saturated rings. The van der Waals surface area contributed by atoms with Crippen LogP contribution in [0.4, 0.5) is 4.79 Å². The zero-order valence-corrected chi connectivity index (χ0v) is 12.6. The summed E-state index contributed by atoms with van der Waals surface area (Å²) in [4.78, 5) is 16.1. The predicted octanol–water partition coefficient (Wildman–Crippen LogP) is 3.00. The number of carbonyl (C=O) groups is 1. The van der Waals surface area contributed by atoms with Crippen LogP contribution in [0.5, 0.6) is 0 Å². The molecular weight excluding hydrogens is 276 g/mol. The van der Waals surface area contributed by atoms with E-state index in [9.17, 15) is 4.79 Å². The summed E-state index contributed by atoms with van der Waals surface area (Å²) in [5.74, 6) is 0. The van der Waals surface area contributed by atoms with E-state index in [-0.39, 0.29) is 6.09 Å². The van der Waals surface area contributed by atoms with Crippen molar-refractivity contribution in [2.24, 2.45) is 0 Å². The van der Waals surface area contributed by atoms with Crippen molar-refractivity contribution in [3.8, 4) is 0 Å². The van der Waals surface area contributed by atoms with Gasteiger partial charge in [0.1, 0.15) is 6.61 Å². The zero-order valence-electron chi connectivity index (χ0n) is 11.8. The molecule has 0 radical (unpaired) electrons. The summed E-state index contributed by atoms with van der Waals surface area (Å²) in [5.41, 5.74) is 0.951. The number of piperazine rings is 1. The van der Waals surface area contributed by atoms with Gasteiger partial charge in [-0.25, -0.2) is 4.79 Å². The van der Waals surface area contributed by atoms with E-state index in [0.717, 1.165) is 44.7 Å². The van der Waals surface area contributed by atoms with Crippen LogP contribution in [-0.4, -0.2) is 48.6 Å². The van der Waals surface area contributed by atoms with Gasteiger partial charge in [0.15, 0.2) is 0 Å². The number of benzene rings is 1. The highest BCUT2D eigenvalue weighted by atomic mass is 35.5. The Kier molecular flexibility index (Phi) is 5.68. The Hall–Kier alpha value is -1.26. The molecule has 0 unspecified atom stereocenters. The molecule has 1 saturated heterocycles. The van der Waals surface area contributed by atoms with Crippen LogP contribution >= 0.6 is 11.6 Å². The van der Waals surface area contributed by atoms with Gasteiger partial charge in [0, 0.05) is 31.2 Å². The van der Waals surface area contributed by atoms with Crippen molar-refractivity contribution in [2.75, 3.05) is 32.7 Å². The predicted molar refractivity (Wildman–Crippen MR) is 79.9 cm³/mol. The molecule has 2 rings (SSSR count). The number of halogens is 1. The standard InChI is InChI=1S/C15H21ClN2O2/c1-2-7-17-8-10-18(11-9-17)15(19)20-12-13-3-5-14(16)6-4-13/h3-6H,2,7-12H2,1H3. The maximum absolute atomic E-state index is 12.0. The fourth-order valence-corrected chi connectivity index (χ4v) is 2.41. The molecule has 1 amide bonds. The summed E-state index contributed by atoms with van der Waals surface area (Å²) >= 11 is 5.81. The third-order valence-electron chi connectivity index (χ3n) is 3.45. The number of amides is 1. The molecule has 0 N–H and O–H groups in total. The molecule has 1 heterocycles. The molecular formula is C15H21ClN2O2. The van der Waals surface area contributed by atoms with Crippen LogP contribution in [0.2, 0.25) is 5.02 Å². The van der Waals surface area contributed by atoms with Crippen LogP contribution in [0, 0.1) is 0 Å². The number of nitrogens with zero attached hydrogens (tertiary/aromatic N) is 2. The molecule has 1 aliphatic heterocycles. The van der Waals surface area contributed by atoms with Crippen molar-refractivity contribution in [3.63, 3.8) is 0 Å². The van der Waals surface area contributed by atoms with Gasteiger partial charge in [-0.3, -0.25) is 4.90 Å². The Labute approximate surface area is 125 Å². The van der Waals surface area contributed by atoms with Crippen LogP contribution in [-0.2, 0) is 11.3 Å². The van der Waals surface area contributed by atoms with Crippen molar-refractivity contribution in [1.29, 1.82) is 0 Å². The van der Waals surface area contributed by atoms with E-state index < -0.39 is 0 Å². The maximum Gasteiger partial charge on any atom is 0.410 e. The first-order valence-electron chi connectivity index (χ1n) is 7.07. The van der Waals surface area contributed by atoms with Crippen LogP contribution in [0.1, 0.15) is 18.9 Å². The molecule has 110 valence electrons. The van der Waals surface area contributed by atoms with Crippen LogP contribution in [0.15, 0.2) is 24.3 Å². The lowest BCUT2D eigenvalue weighted by molar-refractivity contribution is 0.0717. The summed E-state index contributed by atoms with van der Waals surface area (Å²) in [6.07, 6.45) is 0.928. The zero-order chi connectivity index (χ0) is 14.4. The Balaban J connectivity index is 1.74. The minimum absolute atomic E-state index is 0.226. The monoisotopic (exact) mass is 296 g/mol. The summed E-state index contributed by atoms with van der Waals surface area (Å²) in [5, 5.41) is 0.687. The lowest BCUT2D eigenvalue weighted by atomic mass is 10.2. The number of hydrogen-bond acceptors (Lipinski definition) is 3. The van der Waals surface area contributed by atoms with Gasteiger partial charge in [0.2, 0.25) is 0 Å². The third-order valence-corrected chi connectivity index (χ3v) is 3.70. The Morgan fingerprint density at radius 1 is 1.20 bits per heavy atom. The Morgan fingerprint density at radius 3 is 2.45 bits per heavy atom. The number of ether oxygens (including phenoxy) is 1. The first-order chi connectivity index (χ1) is 9.69. The normalized spacial score (nSPS) is 16.2. The molecule has 0 bridgehead atoms. The molecule has 0 aliphatic carbocycles. The second kappa shape index (κ2) is 7.50. The SMILES string of the molecule is CCCN1CCN(C(=O)OCc2ccc(Cl)cc2)CC1. The van der Waals surface area contributed by atoms with Gasteiger partial charge >= 0.3 is 6.09 Å². The fraction of sp³-hybridized carbons (Fsp3) is 0.533. The average molecular weight is 297 g/mol. The summed E-state index contributed by atoms with van der Waals surface area (Å²) < 4.78 is 5.33. The van der Waals surface area contributed by atoms with E-state index in [1.165, 1.54) is 0 Å². The quantitative estimate of drug-likeness (QED) is 0.856. The summed E-state index contributed by atoms with van der Waals surface area (Å²) in [7, 11) is 0. The van der Waals surface area contributed by atoms with E-state index >= 15 is 0 Å². The van der Waals surface area contributed by atoms with E-state index in [4.69, 9.17) is 16.3 Å². The molecule has 4 nitrogen and oxygen atoms in total. The third kappa shape index (κ3) is 4.39. The van der Waals surface area contributed by atoms with Gasteiger partial charge in [-0.2, -0.15) is 0 Å². The average Bonchev–Trinajstić information content (AvgIpc) is 2.47. The molecule has 1 aliphatic rings. The maximum atomic E-state index is 12.0. The van der Waals surface area contributed by atoms with E-state index in [1.54, 1.807) is 17.0 Å². The summed E-state index contributed by atoms with van der Waals surface area (Å²) in [6.45, 7) is 6.94. The minimum atomic E-state index is -0.226. The van der Waals surface area contributed by atoms with Crippen LogP contribution in [0.25, 0.3) is 0 Å². The van der Waals surface area contributed by atoms with Crippen molar-refractivity contribution in [2.45, 2.75) is 20.0 Å². The molecule has 0 saturated carbocycles. The molecule has 1 aromatic rings. The van der Waals surface area contributed by atoms with Gasteiger partial charge in [-0.05, 0) is 30.7 Å². The van der Waals surface area contributed by atoms with E-state index in [1.807, 2.05) is 12.1 Å². The van der Waals surface area contributed by atoms with E-state index in [2.05, 4.69) is 11.8 Å². The molecule has 0 aromatic heterocycles. The van der Waals surface area contributed by atoms with Crippen molar-refractivity contribution >= 4 is 17.7 Å². The second-order valence-corrected chi connectivity index (χ2v) is 5.45. The van der Waals surface area contributed by atoms with Crippen LogP contribution < -0.4 is 0 Å². The molecule has 0 atom stereocenters. The number of carbonyl (C=O) groups excluding carboxylic acids is 1. The smallest absolute Gasteiger partial charge is 0.410 e. The Morgan fingerprint density at radius 2 is 1.85 bits per heavy atom. The molecule has 20 heavy (non-hydrogen) atoms. The largest absolute Gasteiger partial charge is 0.445 e. The second-order valence-electron chi connectivity index (χ2n) is 5.01. The lowest BCUT2D eigenvalue weighted by Gasteiger charge is -2.33. The van der Waals surface area contributed by atoms with Gasteiger partial charge in [0.25, 0.3) is 0 Å². The highest BCUT2D eigenvalue weighted by Crippen LogP contribution is 2.11. The molecule has 0 spiro atoms. The van der Waals surface area contributed by atoms with Gasteiger partial charge < -0.3 is 9.64 Å². The highest BCUT2D eigenvalue weighted by Gasteiger charge is 2.21. The van der Waals surface area contributed by atoms with Gasteiger partial charge in [0.05, 0.1) is 0 Å². The highest BCUT2D eigenvalue weighted by molar-refractivity contribution is 6.30. The number of hydrogen-bond donors (Lipinski definition) is 0. The summed E-state index contributed by atoms with van der Waals surface area (Å²) in [6, 6.07) is 7.34. The van der Waals surface area contributed by atoms with Crippen LogP contribution in [0.3, 0.4) is 0 Å². The Bertz CT molecular complexity index is 428. The van der Waals surface area contributed by atoms with Crippen molar-refractivity contribution < 1.29 is 9.53 Å². The van der Waals surface area contributed by atoms with E-state index in [0.29, 0.717) is 11.6 Å². The first-order valence-corrected chi connectivity index (χ1v) is 7.45. The number of rotatable bonds is 4. The van der Waals surface area contributed by atoms with Crippen molar-refractivity contribution in [3.05, 3.63) is 34.9 Å². The molecule has 5 heteroatoms. The van der Waals surface area contributed by atoms with Gasteiger partial charge in [-0.1, -0.05) is 30.7 Å². The van der Waals surface area contributed by atoms with Gasteiger partial charge in [-0.15, -0.1) is 0 Å². The fourth-order valence-electron chi connectivity index (χ4n) is 2.29.